The van der Waals surface area contributed by atoms with Gasteiger partial charge in [-0.3, -0.25) is 0 Å². The summed E-state index contributed by atoms with van der Waals surface area (Å²) in [4.78, 5) is 0. The van der Waals surface area contributed by atoms with Crippen molar-refractivity contribution < 1.29 is 37.9 Å². The summed E-state index contributed by atoms with van der Waals surface area (Å²) in [5.74, 6) is 3.71. The van der Waals surface area contributed by atoms with Crippen molar-refractivity contribution in [3.63, 3.8) is 0 Å². The Labute approximate surface area is 226 Å². The molecule has 8 nitrogen and oxygen atoms in total. The molecule has 0 saturated carbocycles. The molecule has 1 heterocycles. The van der Waals surface area contributed by atoms with Crippen molar-refractivity contribution in [1.29, 1.82) is 0 Å². The molecule has 0 aromatic heterocycles. The van der Waals surface area contributed by atoms with Crippen molar-refractivity contribution in [1.82, 2.24) is 0 Å². The SMILES string of the molecule is CCCCOc1c(OC)cc(/C=C/CO[C@@H](c2cc(OC)c(OCCCC)c(OC)c2)[C@@H]2CO2)cc1OC. The molecule has 0 unspecified atom stereocenters. The maximum absolute atomic E-state index is 6.26. The van der Waals surface area contributed by atoms with Gasteiger partial charge in [-0.1, -0.05) is 38.8 Å². The topological polar surface area (TPSA) is 77.1 Å². The largest absolute Gasteiger partial charge is 0.493 e. The number of benzene rings is 2. The summed E-state index contributed by atoms with van der Waals surface area (Å²) in [6.07, 6.45) is 7.64. The highest BCUT2D eigenvalue weighted by molar-refractivity contribution is 5.62. The minimum absolute atomic E-state index is 0.0237. The quantitative estimate of drug-likeness (QED) is 0.165. The molecule has 2 aromatic carbocycles. The summed E-state index contributed by atoms with van der Waals surface area (Å²) in [7, 11) is 6.50. The van der Waals surface area contributed by atoms with Gasteiger partial charge in [0.2, 0.25) is 11.5 Å². The third kappa shape index (κ3) is 7.95. The van der Waals surface area contributed by atoms with Crippen LogP contribution in [0.2, 0.25) is 0 Å². The standard InChI is InChI=1S/C30H42O8/c1-7-9-13-36-29-23(31-3)16-21(17-24(29)32-4)12-11-15-35-28(27-20-38-27)22-18-25(33-5)30(26(19-22)34-6)37-14-10-8-2/h11-12,16-19,27-28H,7-10,13-15,20H2,1-6H3/b12-11+/t27-,28-/m0/s1. The Hall–Kier alpha value is -3.10. The maximum Gasteiger partial charge on any atom is 0.203 e. The van der Waals surface area contributed by atoms with Crippen LogP contribution in [0.3, 0.4) is 0 Å². The van der Waals surface area contributed by atoms with Crippen LogP contribution in [0.15, 0.2) is 30.3 Å². The van der Waals surface area contributed by atoms with E-state index in [2.05, 4.69) is 13.8 Å². The summed E-state index contributed by atoms with van der Waals surface area (Å²) in [6.45, 7) is 6.47. The average Bonchev–Trinajstić information content (AvgIpc) is 3.78. The first-order valence-corrected chi connectivity index (χ1v) is 13.3. The van der Waals surface area contributed by atoms with E-state index in [1.54, 1.807) is 28.4 Å². The lowest BCUT2D eigenvalue weighted by Crippen LogP contribution is -2.12. The molecule has 0 radical (unpaired) electrons. The van der Waals surface area contributed by atoms with E-state index >= 15 is 0 Å². The van der Waals surface area contributed by atoms with Crippen LogP contribution in [0.4, 0.5) is 0 Å². The lowest BCUT2D eigenvalue weighted by molar-refractivity contribution is 0.0508. The minimum atomic E-state index is -0.273. The first-order valence-electron chi connectivity index (χ1n) is 13.3. The Kier molecular flexibility index (Phi) is 11.9. The summed E-state index contributed by atoms with van der Waals surface area (Å²) >= 11 is 0. The van der Waals surface area contributed by atoms with Crippen LogP contribution in [0, 0.1) is 0 Å². The molecule has 0 aliphatic carbocycles. The Morgan fingerprint density at radius 1 is 0.789 bits per heavy atom. The van der Waals surface area contributed by atoms with Gasteiger partial charge in [0.25, 0.3) is 0 Å². The van der Waals surface area contributed by atoms with Gasteiger partial charge in [0, 0.05) is 0 Å². The van der Waals surface area contributed by atoms with Crippen LogP contribution in [0.5, 0.6) is 34.5 Å². The Morgan fingerprint density at radius 3 is 1.68 bits per heavy atom. The van der Waals surface area contributed by atoms with Gasteiger partial charge in [-0.25, -0.2) is 0 Å². The van der Waals surface area contributed by atoms with Gasteiger partial charge in [0.05, 0.1) is 54.9 Å². The van der Waals surface area contributed by atoms with E-state index in [1.165, 1.54) is 0 Å². The van der Waals surface area contributed by atoms with Crippen molar-refractivity contribution in [2.45, 2.75) is 51.7 Å². The fourth-order valence-corrected chi connectivity index (χ4v) is 3.97. The van der Waals surface area contributed by atoms with E-state index in [1.807, 2.05) is 36.4 Å². The molecule has 210 valence electrons. The molecule has 2 aromatic rings. The predicted octanol–water partition coefficient (Wildman–Crippen LogP) is 6.25. The van der Waals surface area contributed by atoms with Gasteiger partial charge in [-0.15, -0.1) is 0 Å². The zero-order chi connectivity index (χ0) is 27.3. The van der Waals surface area contributed by atoms with Crippen LogP contribution >= 0.6 is 0 Å². The van der Waals surface area contributed by atoms with E-state index in [4.69, 9.17) is 37.9 Å². The number of epoxide rings is 1. The summed E-state index contributed by atoms with van der Waals surface area (Å²) in [5.41, 5.74) is 1.83. The molecule has 0 spiro atoms. The highest BCUT2D eigenvalue weighted by atomic mass is 16.6. The van der Waals surface area contributed by atoms with Crippen molar-refractivity contribution in [3.8, 4) is 34.5 Å². The molecule has 3 rings (SSSR count). The second kappa shape index (κ2) is 15.3. The third-order valence-corrected chi connectivity index (χ3v) is 6.16. The number of methoxy groups -OCH3 is 4. The van der Waals surface area contributed by atoms with E-state index in [0.29, 0.717) is 60.9 Å². The number of ether oxygens (including phenoxy) is 8. The molecular formula is C30H42O8. The molecule has 0 bridgehead atoms. The molecule has 0 N–H and O–H groups in total. The second-order valence-electron chi connectivity index (χ2n) is 8.94. The van der Waals surface area contributed by atoms with Crippen molar-refractivity contribution in [2.24, 2.45) is 0 Å². The van der Waals surface area contributed by atoms with E-state index in [-0.39, 0.29) is 12.2 Å². The van der Waals surface area contributed by atoms with Crippen molar-refractivity contribution in [3.05, 3.63) is 41.5 Å². The second-order valence-corrected chi connectivity index (χ2v) is 8.94. The van der Waals surface area contributed by atoms with Crippen LogP contribution in [0.25, 0.3) is 6.08 Å². The lowest BCUT2D eigenvalue weighted by Gasteiger charge is -2.20. The normalized spacial score (nSPS) is 15.3. The van der Waals surface area contributed by atoms with Gasteiger partial charge in [0.1, 0.15) is 12.2 Å². The summed E-state index contributed by atoms with van der Waals surface area (Å²) in [6, 6.07) is 7.73. The smallest absolute Gasteiger partial charge is 0.203 e. The number of rotatable bonds is 18. The first-order chi connectivity index (χ1) is 18.6. The third-order valence-electron chi connectivity index (χ3n) is 6.16. The van der Waals surface area contributed by atoms with Gasteiger partial charge in [-0.2, -0.15) is 0 Å². The zero-order valence-electron chi connectivity index (χ0n) is 23.5. The van der Waals surface area contributed by atoms with Crippen LogP contribution in [-0.2, 0) is 9.47 Å². The molecule has 2 atom stereocenters. The summed E-state index contributed by atoms with van der Waals surface area (Å²) in [5, 5.41) is 0. The van der Waals surface area contributed by atoms with Gasteiger partial charge in [-0.05, 0) is 48.2 Å². The molecule has 0 amide bonds. The summed E-state index contributed by atoms with van der Waals surface area (Å²) < 4.78 is 46.1. The van der Waals surface area contributed by atoms with E-state index in [0.717, 1.165) is 36.8 Å². The fraction of sp³-hybridized carbons (Fsp3) is 0.533. The minimum Gasteiger partial charge on any atom is -0.493 e. The molecule has 1 aliphatic rings. The lowest BCUT2D eigenvalue weighted by atomic mass is 10.1. The van der Waals surface area contributed by atoms with Gasteiger partial charge < -0.3 is 37.9 Å². The Balaban J connectivity index is 1.73. The molecule has 1 aliphatic heterocycles. The van der Waals surface area contributed by atoms with Crippen LogP contribution in [-0.4, -0.2) is 61.0 Å². The number of unbranched alkanes of at least 4 members (excludes halogenated alkanes) is 2. The molecule has 1 fully saturated rings. The fourth-order valence-electron chi connectivity index (χ4n) is 3.97. The first kappa shape index (κ1) is 29.5. The van der Waals surface area contributed by atoms with Crippen LogP contribution < -0.4 is 28.4 Å². The zero-order valence-corrected chi connectivity index (χ0v) is 23.5. The monoisotopic (exact) mass is 530 g/mol. The highest BCUT2D eigenvalue weighted by Gasteiger charge is 2.36. The molecule has 38 heavy (non-hydrogen) atoms. The number of hydrogen-bond acceptors (Lipinski definition) is 8. The van der Waals surface area contributed by atoms with Gasteiger partial charge >= 0.3 is 0 Å². The van der Waals surface area contributed by atoms with E-state index in [9.17, 15) is 0 Å². The Morgan fingerprint density at radius 2 is 1.26 bits per heavy atom. The molecule has 8 heteroatoms. The molecule has 1 saturated heterocycles. The average molecular weight is 531 g/mol. The predicted molar refractivity (Wildman–Crippen MR) is 147 cm³/mol. The van der Waals surface area contributed by atoms with Crippen LogP contribution in [0.1, 0.15) is 56.8 Å². The maximum atomic E-state index is 6.26. The number of hydrogen-bond donors (Lipinski definition) is 0. The van der Waals surface area contributed by atoms with E-state index < -0.39 is 0 Å². The Bertz CT molecular complexity index is 981. The molecular weight excluding hydrogens is 488 g/mol. The highest BCUT2D eigenvalue weighted by Crippen LogP contribution is 2.43. The van der Waals surface area contributed by atoms with Crippen molar-refractivity contribution in [2.75, 3.05) is 54.9 Å². The van der Waals surface area contributed by atoms with Gasteiger partial charge in [0.15, 0.2) is 23.0 Å². The van der Waals surface area contributed by atoms with Crippen molar-refractivity contribution >= 4 is 6.08 Å².